The standard InChI is InChI=1S/C11H16O4/c1-6(2)11(14)15-10-5-9(13)8(12)4-7(10)3/h4,7,9-10,12-13H,1,5H2,2-3H3. The highest BCUT2D eigenvalue weighted by Gasteiger charge is 2.30. The van der Waals surface area contributed by atoms with Gasteiger partial charge in [-0.3, -0.25) is 0 Å². The summed E-state index contributed by atoms with van der Waals surface area (Å²) < 4.78 is 5.13. The van der Waals surface area contributed by atoms with Gasteiger partial charge >= 0.3 is 5.97 Å². The quantitative estimate of drug-likeness (QED) is 0.535. The van der Waals surface area contributed by atoms with E-state index < -0.39 is 18.2 Å². The first-order valence-corrected chi connectivity index (χ1v) is 4.87. The molecule has 1 aliphatic carbocycles. The van der Waals surface area contributed by atoms with Crippen LogP contribution in [0.15, 0.2) is 24.0 Å². The van der Waals surface area contributed by atoms with Gasteiger partial charge in [0.05, 0.1) is 0 Å². The molecule has 4 nitrogen and oxygen atoms in total. The van der Waals surface area contributed by atoms with Crippen LogP contribution >= 0.6 is 0 Å². The second-order valence-electron chi connectivity index (χ2n) is 3.93. The molecule has 0 radical (unpaired) electrons. The van der Waals surface area contributed by atoms with E-state index in [1.165, 1.54) is 6.08 Å². The summed E-state index contributed by atoms with van der Waals surface area (Å²) in [7, 11) is 0. The molecule has 0 aromatic heterocycles. The predicted octanol–water partition coefficient (Wildman–Crippen LogP) is 1.32. The van der Waals surface area contributed by atoms with Gasteiger partial charge in [0.2, 0.25) is 0 Å². The number of aliphatic hydroxyl groups excluding tert-OH is 2. The molecule has 1 rings (SSSR count). The van der Waals surface area contributed by atoms with Crippen molar-refractivity contribution >= 4 is 5.97 Å². The largest absolute Gasteiger partial charge is 0.510 e. The molecule has 0 fully saturated rings. The lowest BCUT2D eigenvalue weighted by Gasteiger charge is -2.28. The van der Waals surface area contributed by atoms with Gasteiger partial charge in [-0.2, -0.15) is 0 Å². The van der Waals surface area contributed by atoms with E-state index in [1.807, 2.05) is 6.92 Å². The molecule has 0 aromatic carbocycles. The van der Waals surface area contributed by atoms with Crippen LogP contribution in [0, 0.1) is 5.92 Å². The first-order valence-electron chi connectivity index (χ1n) is 4.87. The molecule has 1 aliphatic rings. The van der Waals surface area contributed by atoms with E-state index in [0.29, 0.717) is 5.57 Å². The molecular formula is C11H16O4. The number of ether oxygens (including phenoxy) is 1. The van der Waals surface area contributed by atoms with E-state index in [4.69, 9.17) is 4.74 Å². The number of carbonyl (C=O) groups excluding carboxylic acids is 1. The van der Waals surface area contributed by atoms with Crippen molar-refractivity contribution < 1.29 is 19.7 Å². The molecule has 0 saturated heterocycles. The van der Waals surface area contributed by atoms with Crippen LogP contribution in [0.5, 0.6) is 0 Å². The SMILES string of the molecule is C=C(C)C(=O)OC1CC(O)C(O)=CC1C. The van der Waals surface area contributed by atoms with Gasteiger partial charge in [0.15, 0.2) is 0 Å². The summed E-state index contributed by atoms with van der Waals surface area (Å²) in [6, 6.07) is 0. The van der Waals surface area contributed by atoms with Gasteiger partial charge in [0, 0.05) is 17.9 Å². The maximum absolute atomic E-state index is 11.3. The first kappa shape index (κ1) is 11.8. The van der Waals surface area contributed by atoms with Crippen LogP contribution in [-0.4, -0.2) is 28.4 Å². The summed E-state index contributed by atoms with van der Waals surface area (Å²) in [4.78, 5) is 11.3. The third-order valence-electron chi connectivity index (χ3n) is 2.42. The highest BCUT2D eigenvalue weighted by Crippen LogP contribution is 2.25. The first-order chi connectivity index (χ1) is 6.91. The van der Waals surface area contributed by atoms with E-state index in [1.54, 1.807) is 6.92 Å². The van der Waals surface area contributed by atoms with Crippen molar-refractivity contribution in [3.8, 4) is 0 Å². The monoisotopic (exact) mass is 212 g/mol. The zero-order valence-corrected chi connectivity index (χ0v) is 8.93. The van der Waals surface area contributed by atoms with E-state index in [2.05, 4.69) is 6.58 Å². The van der Waals surface area contributed by atoms with E-state index in [-0.39, 0.29) is 18.1 Å². The van der Waals surface area contributed by atoms with Crippen molar-refractivity contribution in [1.29, 1.82) is 0 Å². The Labute approximate surface area is 88.9 Å². The lowest BCUT2D eigenvalue weighted by Crippen LogP contribution is -2.33. The summed E-state index contributed by atoms with van der Waals surface area (Å²) in [6.07, 6.45) is 0.386. The van der Waals surface area contributed by atoms with E-state index in [9.17, 15) is 15.0 Å². The Bertz CT molecular complexity index is 306. The van der Waals surface area contributed by atoms with E-state index in [0.717, 1.165) is 0 Å². The maximum Gasteiger partial charge on any atom is 0.333 e. The molecule has 0 aliphatic heterocycles. The molecule has 0 saturated carbocycles. The predicted molar refractivity (Wildman–Crippen MR) is 55.2 cm³/mol. The molecule has 0 spiro atoms. The Balaban J connectivity index is 2.65. The van der Waals surface area contributed by atoms with Crippen molar-refractivity contribution in [3.05, 3.63) is 24.0 Å². The third-order valence-corrected chi connectivity index (χ3v) is 2.42. The Kier molecular flexibility index (Phi) is 3.52. The van der Waals surface area contributed by atoms with Crippen LogP contribution in [0.4, 0.5) is 0 Å². The summed E-state index contributed by atoms with van der Waals surface area (Å²) >= 11 is 0. The van der Waals surface area contributed by atoms with Crippen molar-refractivity contribution in [2.45, 2.75) is 32.5 Å². The number of aliphatic hydroxyl groups is 2. The lowest BCUT2D eigenvalue weighted by molar-refractivity contribution is -0.148. The molecule has 3 atom stereocenters. The minimum absolute atomic E-state index is 0.0508. The summed E-state index contributed by atoms with van der Waals surface area (Å²) in [5, 5.41) is 18.6. The Hall–Kier alpha value is -1.29. The molecule has 0 bridgehead atoms. The number of esters is 1. The van der Waals surface area contributed by atoms with E-state index >= 15 is 0 Å². The molecular weight excluding hydrogens is 196 g/mol. The minimum atomic E-state index is -0.941. The highest BCUT2D eigenvalue weighted by molar-refractivity contribution is 5.87. The molecule has 0 heterocycles. The number of hydrogen-bond acceptors (Lipinski definition) is 4. The maximum atomic E-state index is 11.3. The second-order valence-corrected chi connectivity index (χ2v) is 3.93. The second kappa shape index (κ2) is 4.49. The summed E-state index contributed by atoms with van der Waals surface area (Å²) in [6.45, 7) is 6.86. The van der Waals surface area contributed by atoms with Gasteiger partial charge in [-0.05, 0) is 13.0 Å². The zero-order valence-electron chi connectivity index (χ0n) is 8.93. The van der Waals surface area contributed by atoms with Gasteiger partial charge in [-0.15, -0.1) is 0 Å². The third kappa shape index (κ3) is 2.83. The fraction of sp³-hybridized carbons (Fsp3) is 0.545. The van der Waals surface area contributed by atoms with Crippen molar-refractivity contribution in [1.82, 2.24) is 0 Å². The molecule has 4 heteroatoms. The van der Waals surface area contributed by atoms with Crippen LogP contribution in [-0.2, 0) is 9.53 Å². The zero-order chi connectivity index (χ0) is 11.6. The van der Waals surface area contributed by atoms with Crippen LogP contribution in [0.3, 0.4) is 0 Å². The molecule has 2 N–H and O–H groups in total. The number of carbonyl (C=O) groups is 1. The molecule has 84 valence electrons. The summed E-state index contributed by atoms with van der Waals surface area (Å²) in [5.74, 6) is -0.615. The van der Waals surface area contributed by atoms with Crippen molar-refractivity contribution in [2.24, 2.45) is 5.92 Å². The molecule has 15 heavy (non-hydrogen) atoms. The Morgan fingerprint density at radius 1 is 1.67 bits per heavy atom. The minimum Gasteiger partial charge on any atom is -0.510 e. The topological polar surface area (TPSA) is 66.8 Å². The van der Waals surface area contributed by atoms with Gasteiger partial charge in [0.1, 0.15) is 18.0 Å². The fourth-order valence-corrected chi connectivity index (χ4v) is 1.44. The lowest BCUT2D eigenvalue weighted by atomic mass is 9.91. The van der Waals surface area contributed by atoms with Crippen LogP contribution in [0.2, 0.25) is 0 Å². The Morgan fingerprint density at radius 3 is 2.80 bits per heavy atom. The van der Waals surface area contributed by atoms with Gasteiger partial charge in [-0.1, -0.05) is 13.5 Å². The smallest absolute Gasteiger partial charge is 0.333 e. The van der Waals surface area contributed by atoms with Gasteiger partial charge < -0.3 is 14.9 Å². The molecule has 0 amide bonds. The van der Waals surface area contributed by atoms with Gasteiger partial charge in [0.25, 0.3) is 0 Å². The average molecular weight is 212 g/mol. The van der Waals surface area contributed by atoms with Crippen LogP contribution < -0.4 is 0 Å². The van der Waals surface area contributed by atoms with Crippen LogP contribution in [0.25, 0.3) is 0 Å². The fourth-order valence-electron chi connectivity index (χ4n) is 1.44. The number of rotatable bonds is 2. The van der Waals surface area contributed by atoms with Crippen molar-refractivity contribution in [2.75, 3.05) is 0 Å². The molecule has 0 aromatic rings. The highest BCUT2D eigenvalue weighted by atomic mass is 16.5. The summed E-state index contributed by atoms with van der Waals surface area (Å²) in [5.41, 5.74) is 0.329. The van der Waals surface area contributed by atoms with Crippen LogP contribution in [0.1, 0.15) is 20.3 Å². The molecule has 3 unspecified atom stereocenters. The number of hydrogen-bond donors (Lipinski definition) is 2. The average Bonchev–Trinajstić information content (AvgIpc) is 2.13. The van der Waals surface area contributed by atoms with Gasteiger partial charge in [-0.25, -0.2) is 4.79 Å². The Morgan fingerprint density at radius 2 is 2.27 bits per heavy atom. The van der Waals surface area contributed by atoms with Crippen molar-refractivity contribution in [3.63, 3.8) is 0 Å². The normalized spacial score (nSPS) is 30.6.